The molecule has 0 N–H and O–H groups in total. The van der Waals surface area contributed by atoms with E-state index >= 15 is 0 Å². The topological polar surface area (TPSA) is 17.1 Å². The average molecular weight is 456 g/mol. The van der Waals surface area contributed by atoms with Gasteiger partial charge in [0.1, 0.15) is 0 Å². The summed E-state index contributed by atoms with van der Waals surface area (Å²) in [7, 11) is 0. The first-order valence-electron chi connectivity index (χ1n) is 5.85. The lowest BCUT2D eigenvalue weighted by Gasteiger charge is -2.13. The molecule has 0 unspecified atom stereocenters. The Morgan fingerprint density at radius 3 is 2.24 bits per heavy atom. The van der Waals surface area contributed by atoms with Gasteiger partial charge in [-0.3, -0.25) is 4.79 Å². The highest BCUT2D eigenvalue weighted by Crippen LogP contribution is 2.28. The molecule has 0 heterocycles. The van der Waals surface area contributed by atoms with Crippen molar-refractivity contribution < 1.29 is 4.79 Å². The van der Waals surface area contributed by atoms with Crippen LogP contribution in [0.1, 0.15) is 56.0 Å². The van der Waals surface area contributed by atoms with Crippen molar-refractivity contribution in [3.63, 3.8) is 0 Å². The van der Waals surface area contributed by atoms with Gasteiger partial charge in [0.25, 0.3) is 0 Å². The zero-order valence-corrected chi connectivity index (χ0v) is 15.0. The van der Waals surface area contributed by atoms with Crippen LogP contribution in [0.25, 0.3) is 0 Å². The Bertz CT molecular complexity index is 422. The van der Waals surface area contributed by atoms with Crippen LogP contribution in [0, 0.1) is 13.1 Å². The number of Topliss-reactive ketones (excluding diaryl/α,β-unsaturated/α-hetero) is 1. The van der Waals surface area contributed by atoms with Crippen molar-refractivity contribution in [2.75, 3.05) is 0 Å². The van der Waals surface area contributed by atoms with Crippen molar-refractivity contribution in [3.8, 4) is 0 Å². The van der Waals surface area contributed by atoms with Gasteiger partial charge in [-0.05, 0) is 74.7 Å². The van der Waals surface area contributed by atoms with E-state index in [0.717, 1.165) is 5.56 Å². The van der Waals surface area contributed by atoms with Crippen molar-refractivity contribution in [1.29, 1.82) is 0 Å². The van der Waals surface area contributed by atoms with Crippen LogP contribution in [0.2, 0.25) is 0 Å². The van der Waals surface area contributed by atoms with E-state index in [-0.39, 0.29) is 5.78 Å². The summed E-state index contributed by atoms with van der Waals surface area (Å²) in [4.78, 5) is 12.1. The first-order chi connectivity index (χ1) is 7.82. The van der Waals surface area contributed by atoms with Crippen LogP contribution in [-0.2, 0) is 0 Å². The Morgan fingerprint density at radius 2 is 1.76 bits per heavy atom. The quantitative estimate of drug-likeness (QED) is 0.447. The van der Waals surface area contributed by atoms with Crippen LogP contribution in [0.3, 0.4) is 0 Å². The van der Waals surface area contributed by atoms with Gasteiger partial charge in [-0.15, -0.1) is 0 Å². The van der Waals surface area contributed by atoms with Crippen LogP contribution in [-0.4, -0.2) is 5.78 Å². The lowest BCUT2D eigenvalue weighted by Crippen LogP contribution is -2.06. The largest absolute Gasteiger partial charge is 0.294 e. The molecule has 94 valence electrons. The molecule has 0 spiro atoms. The van der Waals surface area contributed by atoms with Gasteiger partial charge in [0.15, 0.2) is 5.78 Å². The molecule has 0 amide bonds. The Morgan fingerprint density at radius 1 is 1.18 bits per heavy atom. The lowest BCUT2D eigenvalue weighted by atomic mass is 9.96. The van der Waals surface area contributed by atoms with Gasteiger partial charge in [-0.1, -0.05) is 27.7 Å². The zero-order valence-electron chi connectivity index (χ0n) is 10.7. The van der Waals surface area contributed by atoms with Gasteiger partial charge < -0.3 is 0 Å². The molecule has 3 heteroatoms. The van der Waals surface area contributed by atoms with E-state index < -0.39 is 0 Å². The molecule has 1 aromatic carbocycles. The van der Waals surface area contributed by atoms with Gasteiger partial charge in [0.05, 0.1) is 0 Å². The number of hydrogen-bond acceptors (Lipinski definition) is 1. The summed E-state index contributed by atoms with van der Waals surface area (Å²) in [5.41, 5.74) is 2.15. The summed E-state index contributed by atoms with van der Waals surface area (Å²) >= 11 is 4.68. The summed E-state index contributed by atoms with van der Waals surface area (Å²) in [6, 6.07) is 4.08. The van der Waals surface area contributed by atoms with Crippen LogP contribution in [0.5, 0.6) is 0 Å². The van der Waals surface area contributed by atoms with Crippen LogP contribution in [0.4, 0.5) is 0 Å². The first kappa shape index (κ1) is 15.4. The third-order valence-electron chi connectivity index (χ3n) is 2.59. The van der Waals surface area contributed by atoms with Crippen molar-refractivity contribution in [2.45, 2.75) is 40.0 Å². The molecule has 0 aliphatic heterocycles. The fraction of sp³-hybridized carbons (Fsp3) is 0.500. The summed E-state index contributed by atoms with van der Waals surface area (Å²) < 4.78 is 2.46. The number of carbonyl (C=O) groups is 1. The molecule has 0 atom stereocenters. The highest BCUT2D eigenvalue weighted by Gasteiger charge is 2.14. The highest BCUT2D eigenvalue weighted by molar-refractivity contribution is 14.1. The molecule has 0 aliphatic rings. The van der Waals surface area contributed by atoms with E-state index in [9.17, 15) is 4.79 Å². The Balaban J connectivity index is 3.14. The minimum absolute atomic E-state index is 0.260. The van der Waals surface area contributed by atoms with Crippen LogP contribution in [0.15, 0.2) is 12.1 Å². The smallest absolute Gasteiger partial charge is 0.163 e. The van der Waals surface area contributed by atoms with Crippen LogP contribution < -0.4 is 0 Å². The highest BCUT2D eigenvalue weighted by atomic mass is 127. The molecule has 0 saturated heterocycles. The molecular formula is C14H18I2O. The number of hydrogen-bond donors (Lipinski definition) is 0. The number of benzene rings is 1. The second-order valence-corrected chi connectivity index (χ2v) is 7.28. The first-order valence-corrected chi connectivity index (χ1v) is 8.00. The molecule has 0 fully saturated rings. The molecule has 1 rings (SSSR count). The maximum absolute atomic E-state index is 12.1. The molecule has 0 radical (unpaired) electrons. The molecule has 0 saturated carbocycles. The molecule has 1 aromatic rings. The average Bonchev–Trinajstić information content (AvgIpc) is 2.20. The predicted octanol–water partition coefficient (Wildman–Crippen LogP) is 5.25. The standard InChI is InChI=1S/C14H18I2O/c1-8(2)5-13(17)10-6-11(9(3)4)14(16)12(15)7-10/h6-9H,5H2,1-4H3. The molecule has 1 nitrogen and oxygen atoms in total. The van der Waals surface area contributed by atoms with Gasteiger partial charge in [-0.2, -0.15) is 0 Å². The van der Waals surface area contributed by atoms with Gasteiger partial charge in [0, 0.05) is 19.1 Å². The van der Waals surface area contributed by atoms with E-state index in [4.69, 9.17) is 0 Å². The van der Waals surface area contributed by atoms with Crippen molar-refractivity contribution in [1.82, 2.24) is 0 Å². The Hall–Kier alpha value is 0.350. The summed E-state index contributed by atoms with van der Waals surface area (Å²) in [6.45, 7) is 8.51. The van der Waals surface area contributed by atoms with Crippen molar-refractivity contribution in [2.24, 2.45) is 5.92 Å². The molecule has 17 heavy (non-hydrogen) atoms. The Kier molecular flexibility index (Phi) is 5.89. The third kappa shape index (κ3) is 4.19. The maximum Gasteiger partial charge on any atom is 0.163 e. The van der Waals surface area contributed by atoms with Crippen LogP contribution >= 0.6 is 45.2 Å². The molecule has 0 aliphatic carbocycles. The zero-order chi connectivity index (χ0) is 13.2. The van der Waals surface area contributed by atoms with Gasteiger partial charge >= 0.3 is 0 Å². The maximum atomic E-state index is 12.1. The number of rotatable bonds is 4. The minimum Gasteiger partial charge on any atom is -0.294 e. The number of ketones is 1. The fourth-order valence-corrected chi connectivity index (χ4v) is 3.26. The Labute approximate surface area is 131 Å². The van der Waals surface area contributed by atoms with Gasteiger partial charge in [0.2, 0.25) is 0 Å². The van der Waals surface area contributed by atoms with Gasteiger partial charge in [-0.25, -0.2) is 0 Å². The van der Waals surface area contributed by atoms with E-state index in [1.165, 1.54) is 12.7 Å². The number of halogens is 2. The van der Waals surface area contributed by atoms with E-state index in [1.54, 1.807) is 0 Å². The monoisotopic (exact) mass is 456 g/mol. The minimum atomic E-state index is 0.260. The fourth-order valence-electron chi connectivity index (χ4n) is 1.68. The van der Waals surface area contributed by atoms with Crippen molar-refractivity contribution >= 4 is 51.0 Å². The number of carbonyl (C=O) groups excluding carboxylic acids is 1. The normalized spacial score (nSPS) is 11.3. The predicted molar refractivity (Wildman–Crippen MR) is 89.8 cm³/mol. The lowest BCUT2D eigenvalue weighted by molar-refractivity contribution is 0.0967. The summed E-state index contributed by atoms with van der Waals surface area (Å²) in [5, 5.41) is 0. The summed E-state index contributed by atoms with van der Waals surface area (Å²) in [6.07, 6.45) is 0.633. The van der Waals surface area contributed by atoms with E-state index in [2.05, 4.69) is 78.9 Å². The summed E-state index contributed by atoms with van der Waals surface area (Å²) in [5.74, 6) is 1.14. The second-order valence-electron chi connectivity index (χ2n) is 5.04. The van der Waals surface area contributed by atoms with E-state index in [0.29, 0.717) is 18.3 Å². The second kappa shape index (κ2) is 6.50. The molecule has 0 bridgehead atoms. The molecular weight excluding hydrogens is 438 g/mol. The molecule has 0 aromatic heterocycles. The SMILES string of the molecule is CC(C)CC(=O)c1cc(I)c(I)c(C(C)C)c1. The van der Waals surface area contributed by atoms with E-state index in [1.807, 2.05) is 6.07 Å². The van der Waals surface area contributed by atoms with Crippen molar-refractivity contribution in [3.05, 3.63) is 30.4 Å². The third-order valence-corrected chi connectivity index (χ3v) is 5.68.